The molecule has 0 aliphatic rings. The Kier molecular flexibility index (Phi) is 4.86. The van der Waals surface area contributed by atoms with E-state index < -0.39 is 22.0 Å². The fraction of sp³-hybridized carbons (Fsp3) is 0.417. The Morgan fingerprint density at radius 3 is 2.39 bits per heavy atom. The van der Waals surface area contributed by atoms with E-state index in [2.05, 4.69) is 0 Å². The van der Waals surface area contributed by atoms with Crippen molar-refractivity contribution in [1.29, 1.82) is 0 Å². The number of carbonyl (C=O) groups is 1. The van der Waals surface area contributed by atoms with Gasteiger partial charge in [0.15, 0.2) is 0 Å². The normalized spacial score (nSPS) is 13.5. The fourth-order valence-corrected chi connectivity index (χ4v) is 2.79. The Morgan fingerprint density at radius 1 is 1.33 bits per heavy atom. The van der Waals surface area contributed by atoms with Gasteiger partial charge in [0, 0.05) is 7.05 Å². The minimum Gasteiger partial charge on any atom is -0.480 e. The van der Waals surface area contributed by atoms with E-state index in [1.165, 1.54) is 14.0 Å². The molecule has 100 valence electrons. The summed E-state index contributed by atoms with van der Waals surface area (Å²) in [6.45, 7) is 1.35. The topological polar surface area (TPSA) is 74.7 Å². The maximum absolute atomic E-state index is 11.9. The molecule has 1 unspecified atom stereocenters. The lowest BCUT2D eigenvalue weighted by Gasteiger charge is -2.20. The van der Waals surface area contributed by atoms with Crippen LogP contribution in [-0.2, 0) is 21.2 Å². The van der Waals surface area contributed by atoms with Crippen molar-refractivity contribution in [3.05, 3.63) is 35.9 Å². The number of aryl methyl sites for hydroxylation is 1. The summed E-state index contributed by atoms with van der Waals surface area (Å²) < 4.78 is 24.7. The number of likely N-dealkylation sites (N-methyl/N-ethyl adjacent to an activating group) is 1. The molecular formula is C12H17NO4S. The van der Waals surface area contributed by atoms with Crippen molar-refractivity contribution < 1.29 is 18.3 Å². The van der Waals surface area contributed by atoms with Crippen LogP contribution in [0.3, 0.4) is 0 Å². The van der Waals surface area contributed by atoms with Gasteiger partial charge in [-0.25, -0.2) is 8.42 Å². The van der Waals surface area contributed by atoms with Crippen molar-refractivity contribution in [2.24, 2.45) is 0 Å². The monoisotopic (exact) mass is 271 g/mol. The molecule has 1 atom stereocenters. The van der Waals surface area contributed by atoms with Gasteiger partial charge >= 0.3 is 5.97 Å². The zero-order valence-electron chi connectivity index (χ0n) is 10.4. The Balaban J connectivity index is 2.68. The van der Waals surface area contributed by atoms with E-state index in [0.29, 0.717) is 6.42 Å². The molecule has 0 bridgehead atoms. The highest BCUT2D eigenvalue weighted by Gasteiger charge is 2.27. The molecule has 0 aromatic heterocycles. The van der Waals surface area contributed by atoms with Gasteiger partial charge in [-0.1, -0.05) is 30.3 Å². The highest BCUT2D eigenvalue weighted by molar-refractivity contribution is 7.89. The lowest BCUT2D eigenvalue weighted by molar-refractivity contribution is -0.140. The summed E-state index contributed by atoms with van der Waals surface area (Å²) in [6.07, 6.45) is 0.375. The summed E-state index contributed by atoms with van der Waals surface area (Å²) >= 11 is 0. The zero-order chi connectivity index (χ0) is 13.8. The largest absolute Gasteiger partial charge is 0.480 e. The van der Waals surface area contributed by atoms with Gasteiger partial charge in [0.25, 0.3) is 0 Å². The third-order valence-electron chi connectivity index (χ3n) is 2.83. The molecule has 1 aromatic rings. The van der Waals surface area contributed by atoms with Crippen molar-refractivity contribution in [2.75, 3.05) is 12.8 Å². The molecule has 6 heteroatoms. The van der Waals surface area contributed by atoms with Gasteiger partial charge in [-0.15, -0.1) is 0 Å². The molecule has 0 aliphatic heterocycles. The third-order valence-corrected chi connectivity index (χ3v) is 4.75. The number of aliphatic carboxylic acids is 1. The quantitative estimate of drug-likeness (QED) is 0.836. The van der Waals surface area contributed by atoms with Crippen molar-refractivity contribution >= 4 is 16.0 Å². The van der Waals surface area contributed by atoms with Gasteiger partial charge in [-0.3, -0.25) is 4.79 Å². The predicted molar refractivity (Wildman–Crippen MR) is 68.8 cm³/mol. The van der Waals surface area contributed by atoms with E-state index in [1.807, 2.05) is 30.3 Å². The van der Waals surface area contributed by atoms with Crippen LogP contribution in [0.25, 0.3) is 0 Å². The Hall–Kier alpha value is -1.40. The smallest absolute Gasteiger partial charge is 0.321 e. The number of hydrogen-bond donors (Lipinski definition) is 1. The van der Waals surface area contributed by atoms with Crippen LogP contribution in [0.1, 0.15) is 12.5 Å². The van der Waals surface area contributed by atoms with E-state index >= 15 is 0 Å². The van der Waals surface area contributed by atoms with Crippen LogP contribution in [0.5, 0.6) is 0 Å². The number of benzene rings is 1. The van der Waals surface area contributed by atoms with E-state index in [0.717, 1.165) is 9.87 Å². The molecule has 0 saturated carbocycles. The van der Waals surface area contributed by atoms with Crippen LogP contribution in [0.4, 0.5) is 0 Å². The minimum atomic E-state index is -3.55. The molecule has 0 saturated heterocycles. The highest BCUT2D eigenvalue weighted by atomic mass is 32.2. The zero-order valence-corrected chi connectivity index (χ0v) is 11.2. The van der Waals surface area contributed by atoms with Crippen molar-refractivity contribution in [3.8, 4) is 0 Å². The first-order valence-corrected chi connectivity index (χ1v) is 7.18. The average Bonchev–Trinajstić information content (AvgIpc) is 2.35. The second-order valence-corrected chi connectivity index (χ2v) is 6.23. The fourth-order valence-electron chi connectivity index (χ4n) is 1.43. The van der Waals surface area contributed by atoms with E-state index in [9.17, 15) is 13.2 Å². The van der Waals surface area contributed by atoms with E-state index in [-0.39, 0.29) is 5.75 Å². The molecule has 18 heavy (non-hydrogen) atoms. The van der Waals surface area contributed by atoms with Gasteiger partial charge in [0.1, 0.15) is 6.04 Å². The maximum Gasteiger partial charge on any atom is 0.321 e. The van der Waals surface area contributed by atoms with Crippen molar-refractivity contribution in [1.82, 2.24) is 4.31 Å². The number of nitrogens with zero attached hydrogens (tertiary/aromatic N) is 1. The third kappa shape index (κ3) is 3.82. The molecule has 5 nitrogen and oxygen atoms in total. The number of hydrogen-bond acceptors (Lipinski definition) is 3. The number of sulfonamides is 1. The van der Waals surface area contributed by atoms with Gasteiger partial charge in [0.2, 0.25) is 10.0 Å². The van der Waals surface area contributed by atoms with Crippen LogP contribution in [0.15, 0.2) is 30.3 Å². The maximum atomic E-state index is 11.9. The first-order chi connectivity index (χ1) is 8.34. The molecule has 1 aromatic carbocycles. The van der Waals surface area contributed by atoms with E-state index in [4.69, 9.17) is 5.11 Å². The molecule has 0 aliphatic carbocycles. The molecule has 0 amide bonds. The number of carboxylic acid groups (broad SMARTS) is 1. The SMILES string of the molecule is CC(C(=O)O)N(C)S(=O)(=O)CCc1ccccc1. The number of carboxylic acids is 1. The molecule has 0 radical (unpaired) electrons. The molecule has 0 fully saturated rings. The van der Waals surface area contributed by atoms with Crippen molar-refractivity contribution in [2.45, 2.75) is 19.4 Å². The van der Waals surface area contributed by atoms with Gasteiger partial charge in [-0.05, 0) is 18.9 Å². The van der Waals surface area contributed by atoms with Crippen LogP contribution in [-0.4, -0.2) is 42.6 Å². The standard InChI is InChI=1S/C12H17NO4S/c1-10(12(14)15)13(2)18(16,17)9-8-11-6-4-3-5-7-11/h3-7,10H,8-9H2,1-2H3,(H,14,15). The van der Waals surface area contributed by atoms with E-state index in [1.54, 1.807) is 0 Å². The van der Waals surface area contributed by atoms with Gasteiger partial charge in [0.05, 0.1) is 5.75 Å². The molecule has 1 rings (SSSR count). The molecule has 0 heterocycles. The lowest BCUT2D eigenvalue weighted by atomic mass is 10.2. The molecule has 1 N–H and O–H groups in total. The van der Waals surface area contributed by atoms with Gasteiger partial charge in [-0.2, -0.15) is 4.31 Å². The second-order valence-electron chi connectivity index (χ2n) is 4.08. The summed E-state index contributed by atoms with van der Waals surface area (Å²) in [6, 6.07) is 8.17. The first kappa shape index (κ1) is 14.7. The van der Waals surface area contributed by atoms with Crippen molar-refractivity contribution in [3.63, 3.8) is 0 Å². The summed E-state index contributed by atoms with van der Waals surface area (Å²) in [7, 11) is -2.26. The summed E-state index contributed by atoms with van der Waals surface area (Å²) in [5.74, 6) is -1.24. The second kappa shape index (κ2) is 5.97. The highest BCUT2D eigenvalue weighted by Crippen LogP contribution is 2.08. The van der Waals surface area contributed by atoms with Crippen LogP contribution in [0.2, 0.25) is 0 Å². The van der Waals surface area contributed by atoms with Crippen LogP contribution in [0, 0.1) is 0 Å². The average molecular weight is 271 g/mol. The van der Waals surface area contributed by atoms with Gasteiger partial charge < -0.3 is 5.11 Å². The lowest BCUT2D eigenvalue weighted by Crippen LogP contribution is -2.41. The van der Waals surface area contributed by atoms with Crippen LogP contribution < -0.4 is 0 Å². The number of rotatable bonds is 6. The summed E-state index contributed by atoms with van der Waals surface area (Å²) in [5.41, 5.74) is 0.914. The van der Waals surface area contributed by atoms with Crippen LogP contribution >= 0.6 is 0 Å². The molecule has 0 spiro atoms. The summed E-state index contributed by atoms with van der Waals surface area (Å²) in [4.78, 5) is 10.8. The predicted octanol–water partition coefficient (Wildman–Crippen LogP) is 0.964. The Labute approximate surface area is 107 Å². The summed E-state index contributed by atoms with van der Waals surface area (Å²) in [5, 5.41) is 8.79. The minimum absolute atomic E-state index is 0.0921. The Bertz CT molecular complexity index is 498. The first-order valence-electron chi connectivity index (χ1n) is 5.57. The Morgan fingerprint density at radius 2 is 1.89 bits per heavy atom. The molecular weight excluding hydrogens is 254 g/mol.